The highest BCUT2D eigenvalue weighted by Gasteiger charge is 2.13. The monoisotopic (exact) mass is 228 g/mol. The molecule has 1 aliphatic heterocycles. The molecule has 94 valence electrons. The second kappa shape index (κ2) is 9.82. The topological polar surface area (TPSA) is 27.7 Å². The van der Waals surface area contributed by atoms with Gasteiger partial charge in [-0.3, -0.25) is 0 Å². The van der Waals surface area contributed by atoms with E-state index < -0.39 is 0 Å². The van der Waals surface area contributed by atoms with Crippen LogP contribution in [0.1, 0.15) is 51.4 Å². The molecule has 16 heavy (non-hydrogen) atoms. The summed E-state index contributed by atoms with van der Waals surface area (Å²) in [6.45, 7) is 4.48. The number of ether oxygens (including phenoxy) is 3. The highest BCUT2D eigenvalue weighted by molar-refractivity contribution is 4.65. The molecule has 0 radical (unpaired) electrons. The van der Waals surface area contributed by atoms with Crippen LogP contribution in [0, 0.1) is 0 Å². The van der Waals surface area contributed by atoms with E-state index in [1.165, 1.54) is 38.5 Å². The van der Waals surface area contributed by atoms with Crippen LogP contribution >= 0.6 is 0 Å². The van der Waals surface area contributed by atoms with Gasteiger partial charge in [-0.25, -0.2) is 0 Å². The molecular weight excluding hydrogens is 204 g/mol. The van der Waals surface area contributed by atoms with Crippen LogP contribution in [-0.2, 0) is 14.2 Å². The molecule has 0 spiro atoms. The Kier molecular flexibility index (Phi) is 8.40. The van der Waals surface area contributed by atoms with E-state index >= 15 is 0 Å². The molecule has 0 aromatic rings. The number of hydrogen-bond acceptors (Lipinski definition) is 3. The van der Waals surface area contributed by atoms with E-state index in [0.29, 0.717) is 13.6 Å². The number of hydrogen-bond donors (Lipinski definition) is 0. The predicted octanol–water partition coefficient (Wildman–Crippen LogP) is 3.60. The first-order valence-electron chi connectivity index (χ1n) is 6.35. The first-order chi connectivity index (χ1) is 7.93. The molecule has 0 saturated carbocycles. The fourth-order valence-electron chi connectivity index (χ4n) is 1.80. The van der Waals surface area contributed by atoms with Crippen molar-refractivity contribution in [1.29, 1.82) is 0 Å². The fourth-order valence-corrected chi connectivity index (χ4v) is 1.80. The molecule has 1 fully saturated rings. The van der Waals surface area contributed by atoms with E-state index in [4.69, 9.17) is 14.2 Å². The van der Waals surface area contributed by atoms with Crippen molar-refractivity contribution in [3.8, 4) is 0 Å². The number of unbranched alkanes of at least 4 members (excludes halogenated alkanes) is 6. The number of allylic oxidation sites excluding steroid dienone is 1. The zero-order valence-corrected chi connectivity index (χ0v) is 10.2. The first-order valence-corrected chi connectivity index (χ1v) is 6.35. The molecule has 0 aliphatic carbocycles. The van der Waals surface area contributed by atoms with Crippen LogP contribution in [0.3, 0.4) is 0 Å². The lowest BCUT2D eigenvalue weighted by Crippen LogP contribution is -2.26. The Hall–Kier alpha value is -0.380. The van der Waals surface area contributed by atoms with Gasteiger partial charge in [-0.05, 0) is 25.7 Å². The highest BCUT2D eigenvalue weighted by atomic mass is 16.8. The Morgan fingerprint density at radius 3 is 2.25 bits per heavy atom. The quantitative estimate of drug-likeness (QED) is 0.446. The fraction of sp³-hybridized carbons (Fsp3) is 0.846. The molecule has 1 heterocycles. The second-order valence-corrected chi connectivity index (χ2v) is 4.19. The van der Waals surface area contributed by atoms with Gasteiger partial charge in [0.1, 0.15) is 0 Å². The minimum atomic E-state index is -0.0329. The third-order valence-electron chi connectivity index (χ3n) is 2.77. The minimum absolute atomic E-state index is 0.0329. The van der Waals surface area contributed by atoms with Crippen LogP contribution in [0.4, 0.5) is 0 Å². The molecule has 0 unspecified atom stereocenters. The van der Waals surface area contributed by atoms with Crippen LogP contribution in [0.5, 0.6) is 0 Å². The Morgan fingerprint density at radius 1 is 0.938 bits per heavy atom. The number of rotatable bonds is 9. The van der Waals surface area contributed by atoms with Crippen LogP contribution < -0.4 is 0 Å². The van der Waals surface area contributed by atoms with E-state index in [1.807, 2.05) is 6.08 Å². The smallest absolute Gasteiger partial charge is 0.163 e. The molecule has 1 aliphatic rings. The van der Waals surface area contributed by atoms with E-state index in [9.17, 15) is 0 Å². The molecule has 1 rings (SSSR count). The molecule has 1 saturated heterocycles. The highest BCUT2D eigenvalue weighted by Crippen LogP contribution is 2.13. The van der Waals surface area contributed by atoms with E-state index in [1.54, 1.807) is 0 Å². The third-order valence-corrected chi connectivity index (χ3v) is 2.77. The average molecular weight is 228 g/mol. The largest absolute Gasteiger partial charge is 0.329 e. The minimum Gasteiger partial charge on any atom is -0.329 e. The Bertz CT molecular complexity index is 165. The molecule has 3 nitrogen and oxygen atoms in total. The van der Waals surface area contributed by atoms with Crippen molar-refractivity contribution < 1.29 is 14.2 Å². The van der Waals surface area contributed by atoms with Crippen molar-refractivity contribution in [3.63, 3.8) is 0 Å². The zero-order valence-electron chi connectivity index (χ0n) is 10.2. The summed E-state index contributed by atoms with van der Waals surface area (Å²) in [6, 6.07) is 0. The zero-order chi connectivity index (χ0) is 11.5. The Labute approximate surface area is 98.8 Å². The molecule has 0 aromatic heterocycles. The molecule has 0 amide bonds. The molecular formula is C13H24O3. The molecule has 3 heteroatoms. The average Bonchev–Trinajstić information content (AvgIpc) is 2.34. The second-order valence-electron chi connectivity index (χ2n) is 4.19. The van der Waals surface area contributed by atoms with Crippen molar-refractivity contribution in [2.45, 2.75) is 57.7 Å². The van der Waals surface area contributed by atoms with Gasteiger partial charge in [0.25, 0.3) is 0 Å². The summed E-state index contributed by atoms with van der Waals surface area (Å²) in [7, 11) is 0. The summed E-state index contributed by atoms with van der Waals surface area (Å²) >= 11 is 0. The standard InChI is InChI=1S/C13H24O3/c1-2-3-4-5-6-7-8-9-10-13-15-11-14-12-16-13/h2,13H,1,3-12H2. The summed E-state index contributed by atoms with van der Waals surface area (Å²) in [6.07, 6.45) is 11.9. The summed E-state index contributed by atoms with van der Waals surface area (Å²) in [5.41, 5.74) is 0. The van der Waals surface area contributed by atoms with E-state index in [0.717, 1.165) is 12.8 Å². The molecule has 0 aromatic carbocycles. The van der Waals surface area contributed by atoms with E-state index in [-0.39, 0.29) is 6.29 Å². The van der Waals surface area contributed by atoms with Crippen molar-refractivity contribution >= 4 is 0 Å². The maximum absolute atomic E-state index is 5.28. The van der Waals surface area contributed by atoms with Crippen LogP contribution in [0.15, 0.2) is 12.7 Å². The molecule has 0 atom stereocenters. The Balaban J connectivity index is 1.78. The van der Waals surface area contributed by atoms with E-state index in [2.05, 4.69) is 6.58 Å². The summed E-state index contributed by atoms with van der Waals surface area (Å²) < 4.78 is 15.5. The van der Waals surface area contributed by atoms with Gasteiger partial charge >= 0.3 is 0 Å². The van der Waals surface area contributed by atoms with Crippen LogP contribution in [0.2, 0.25) is 0 Å². The third kappa shape index (κ3) is 6.99. The van der Waals surface area contributed by atoms with Crippen molar-refractivity contribution in [3.05, 3.63) is 12.7 Å². The van der Waals surface area contributed by atoms with Gasteiger partial charge in [0, 0.05) is 0 Å². The summed E-state index contributed by atoms with van der Waals surface area (Å²) in [5, 5.41) is 0. The van der Waals surface area contributed by atoms with Gasteiger partial charge in [-0.1, -0.05) is 31.8 Å². The normalized spacial score (nSPS) is 17.5. The van der Waals surface area contributed by atoms with Crippen molar-refractivity contribution in [1.82, 2.24) is 0 Å². The maximum Gasteiger partial charge on any atom is 0.163 e. The lowest BCUT2D eigenvalue weighted by atomic mass is 10.1. The lowest BCUT2D eigenvalue weighted by Gasteiger charge is -2.22. The molecule has 0 N–H and O–H groups in total. The Morgan fingerprint density at radius 2 is 1.56 bits per heavy atom. The van der Waals surface area contributed by atoms with Gasteiger partial charge in [0.2, 0.25) is 0 Å². The predicted molar refractivity (Wildman–Crippen MR) is 63.9 cm³/mol. The lowest BCUT2D eigenvalue weighted by molar-refractivity contribution is -0.300. The summed E-state index contributed by atoms with van der Waals surface area (Å²) in [4.78, 5) is 0. The molecule has 0 bridgehead atoms. The van der Waals surface area contributed by atoms with Gasteiger partial charge < -0.3 is 14.2 Å². The van der Waals surface area contributed by atoms with Crippen LogP contribution in [-0.4, -0.2) is 19.9 Å². The first kappa shape index (κ1) is 13.7. The van der Waals surface area contributed by atoms with Gasteiger partial charge in [-0.15, -0.1) is 6.58 Å². The van der Waals surface area contributed by atoms with Crippen molar-refractivity contribution in [2.75, 3.05) is 13.6 Å². The van der Waals surface area contributed by atoms with Gasteiger partial charge in [0.15, 0.2) is 19.9 Å². The van der Waals surface area contributed by atoms with Gasteiger partial charge in [-0.2, -0.15) is 0 Å². The van der Waals surface area contributed by atoms with Crippen molar-refractivity contribution in [2.24, 2.45) is 0 Å². The maximum atomic E-state index is 5.28. The van der Waals surface area contributed by atoms with Gasteiger partial charge in [0.05, 0.1) is 0 Å². The SMILES string of the molecule is C=CCCCCCCCCC1OCOCO1. The summed E-state index contributed by atoms with van der Waals surface area (Å²) in [5.74, 6) is 0. The van der Waals surface area contributed by atoms with Crippen LogP contribution in [0.25, 0.3) is 0 Å².